The van der Waals surface area contributed by atoms with Crippen molar-refractivity contribution < 1.29 is 14.3 Å². The van der Waals surface area contributed by atoms with Gasteiger partial charge in [0.1, 0.15) is 5.52 Å². The Labute approximate surface area is 97.5 Å². The Morgan fingerprint density at radius 1 is 1.47 bits per heavy atom. The van der Waals surface area contributed by atoms with Gasteiger partial charge in [-0.05, 0) is 37.5 Å². The lowest BCUT2D eigenvalue weighted by Crippen LogP contribution is -2.26. The van der Waals surface area contributed by atoms with E-state index in [1.807, 2.05) is 0 Å². The molecule has 0 atom stereocenters. The van der Waals surface area contributed by atoms with Crippen LogP contribution in [-0.4, -0.2) is 22.1 Å². The maximum Gasteiger partial charge on any atom is 0.335 e. The van der Waals surface area contributed by atoms with Crippen LogP contribution in [0.15, 0.2) is 22.6 Å². The van der Waals surface area contributed by atoms with Gasteiger partial charge in [0.15, 0.2) is 5.58 Å². The summed E-state index contributed by atoms with van der Waals surface area (Å²) in [5.41, 5.74) is 1.40. The van der Waals surface area contributed by atoms with Gasteiger partial charge in [0, 0.05) is 6.04 Å². The number of carboxylic acid groups (broad SMARTS) is 1. The molecule has 88 valence electrons. The Hall–Kier alpha value is -2.04. The molecular formula is C12H12N2O3. The summed E-state index contributed by atoms with van der Waals surface area (Å²) in [5.74, 6) is -0.961. The second-order valence-corrected chi connectivity index (χ2v) is 4.28. The van der Waals surface area contributed by atoms with Gasteiger partial charge in [-0.15, -0.1) is 0 Å². The minimum atomic E-state index is -0.961. The molecule has 0 unspecified atom stereocenters. The first kappa shape index (κ1) is 10.1. The number of aromatic carboxylic acids is 1. The van der Waals surface area contributed by atoms with Gasteiger partial charge >= 0.3 is 5.97 Å². The molecule has 5 nitrogen and oxygen atoms in total. The number of rotatable bonds is 3. The Bertz CT molecular complexity index is 572. The van der Waals surface area contributed by atoms with E-state index in [-0.39, 0.29) is 5.56 Å². The molecule has 0 saturated heterocycles. The van der Waals surface area contributed by atoms with Crippen LogP contribution in [0.25, 0.3) is 11.1 Å². The third-order valence-electron chi connectivity index (χ3n) is 3.07. The molecular weight excluding hydrogens is 220 g/mol. The highest BCUT2D eigenvalue weighted by atomic mass is 16.4. The maximum atomic E-state index is 10.8. The van der Waals surface area contributed by atoms with Crippen LogP contribution in [0.5, 0.6) is 0 Å². The van der Waals surface area contributed by atoms with Crippen LogP contribution in [0.1, 0.15) is 29.6 Å². The summed E-state index contributed by atoms with van der Waals surface area (Å²) in [6, 6.07) is 5.61. The van der Waals surface area contributed by atoms with Gasteiger partial charge in [-0.1, -0.05) is 0 Å². The van der Waals surface area contributed by atoms with E-state index in [1.54, 1.807) is 6.07 Å². The average molecular weight is 232 g/mol. The van der Waals surface area contributed by atoms with Crippen molar-refractivity contribution in [3.05, 3.63) is 23.8 Å². The van der Waals surface area contributed by atoms with E-state index < -0.39 is 5.97 Å². The van der Waals surface area contributed by atoms with Crippen LogP contribution in [0, 0.1) is 0 Å². The zero-order valence-corrected chi connectivity index (χ0v) is 9.14. The molecule has 17 heavy (non-hydrogen) atoms. The van der Waals surface area contributed by atoms with E-state index >= 15 is 0 Å². The second-order valence-electron chi connectivity index (χ2n) is 4.28. The molecule has 3 rings (SSSR count). The summed E-state index contributed by atoms with van der Waals surface area (Å²) in [5, 5.41) is 12.1. The molecule has 1 heterocycles. The number of oxazole rings is 1. The smallest absolute Gasteiger partial charge is 0.335 e. The van der Waals surface area contributed by atoms with Gasteiger partial charge in [0.05, 0.1) is 5.56 Å². The highest BCUT2D eigenvalue weighted by Crippen LogP contribution is 2.25. The van der Waals surface area contributed by atoms with Gasteiger partial charge in [-0.3, -0.25) is 0 Å². The lowest BCUT2D eigenvalue weighted by molar-refractivity contribution is 0.0697. The number of carbonyl (C=O) groups is 1. The highest BCUT2D eigenvalue weighted by molar-refractivity contribution is 5.92. The quantitative estimate of drug-likeness (QED) is 0.850. The maximum absolute atomic E-state index is 10.8. The number of anilines is 1. The molecule has 0 aliphatic heterocycles. The van der Waals surface area contributed by atoms with Crippen LogP contribution >= 0.6 is 0 Å². The number of aromatic nitrogens is 1. The Kier molecular flexibility index (Phi) is 2.24. The number of nitrogens with zero attached hydrogens (tertiary/aromatic N) is 1. The molecule has 1 aromatic heterocycles. The Morgan fingerprint density at radius 3 is 2.94 bits per heavy atom. The summed E-state index contributed by atoms with van der Waals surface area (Å²) in [7, 11) is 0. The SMILES string of the molecule is O=C(O)c1ccc2nc(NC3CCC3)oc2c1. The number of hydrogen-bond donors (Lipinski definition) is 2. The van der Waals surface area contributed by atoms with Crippen molar-refractivity contribution >= 4 is 23.1 Å². The van der Waals surface area contributed by atoms with Crippen molar-refractivity contribution in [3.63, 3.8) is 0 Å². The molecule has 1 aliphatic carbocycles. The van der Waals surface area contributed by atoms with Crippen LogP contribution in [-0.2, 0) is 0 Å². The lowest BCUT2D eigenvalue weighted by atomic mass is 9.93. The molecule has 1 saturated carbocycles. The molecule has 0 radical (unpaired) electrons. The van der Waals surface area contributed by atoms with Crippen molar-refractivity contribution in [2.24, 2.45) is 0 Å². The van der Waals surface area contributed by atoms with Gasteiger partial charge in [0.25, 0.3) is 6.01 Å². The number of carboxylic acids is 1. The van der Waals surface area contributed by atoms with Gasteiger partial charge in [-0.2, -0.15) is 4.98 Å². The fourth-order valence-corrected chi connectivity index (χ4v) is 1.85. The summed E-state index contributed by atoms with van der Waals surface area (Å²) >= 11 is 0. The number of hydrogen-bond acceptors (Lipinski definition) is 4. The standard InChI is InChI=1S/C12H12N2O3/c15-11(16)7-4-5-9-10(6-7)17-12(14-9)13-8-2-1-3-8/h4-6,8H,1-3H2,(H,13,14)(H,15,16). The third-order valence-corrected chi connectivity index (χ3v) is 3.07. The van der Waals surface area contributed by atoms with Crippen molar-refractivity contribution in [2.45, 2.75) is 25.3 Å². The average Bonchev–Trinajstić information content (AvgIpc) is 2.64. The lowest BCUT2D eigenvalue weighted by Gasteiger charge is -2.25. The molecule has 0 bridgehead atoms. The van der Waals surface area contributed by atoms with E-state index in [1.165, 1.54) is 18.6 Å². The first-order valence-electron chi connectivity index (χ1n) is 5.63. The normalized spacial score (nSPS) is 15.8. The molecule has 1 fully saturated rings. The van der Waals surface area contributed by atoms with Crippen molar-refractivity contribution in [3.8, 4) is 0 Å². The van der Waals surface area contributed by atoms with E-state index in [0.29, 0.717) is 23.2 Å². The topological polar surface area (TPSA) is 75.4 Å². The Morgan fingerprint density at radius 2 is 2.29 bits per heavy atom. The number of nitrogens with one attached hydrogen (secondary N) is 1. The first-order chi connectivity index (χ1) is 8.22. The van der Waals surface area contributed by atoms with Crippen LogP contribution in [0.3, 0.4) is 0 Å². The predicted octanol–water partition coefficient (Wildman–Crippen LogP) is 2.49. The van der Waals surface area contributed by atoms with Crippen molar-refractivity contribution in [2.75, 3.05) is 5.32 Å². The summed E-state index contributed by atoms with van der Waals surface area (Å²) in [4.78, 5) is 15.1. The molecule has 1 aromatic carbocycles. The van der Waals surface area contributed by atoms with E-state index in [9.17, 15) is 4.79 Å². The largest absolute Gasteiger partial charge is 0.478 e. The van der Waals surface area contributed by atoms with E-state index in [4.69, 9.17) is 9.52 Å². The van der Waals surface area contributed by atoms with Gasteiger partial charge in [-0.25, -0.2) is 4.79 Å². The minimum absolute atomic E-state index is 0.212. The third kappa shape index (κ3) is 1.84. The second kappa shape index (κ2) is 3.76. The van der Waals surface area contributed by atoms with Crippen molar-refractivity contribution in [1.29, 1.82) is 0 Å². The first-order valence-corrected chi connectivity index (χ1v) is 5.63. The fourth-order valence-electron chi connectivity index (χ4n) is 1.85. The summed E-state index contributed by atoms with van der Waals surface area (Å²) in [6.45, 7) is 0. The van der Waals surface area contributed by atoms with Crippen molar-refractivity contribution in [1.82, 2.24) is 4.98 Å². The minimum Gasteiger partial charge on any atom is -0.478 e. The zero-order chi connectivity index (χ0) is 11.8. The number of benzene rings is 1. The van der Waals surface area contributed by atoms with E-state index in [2.05, 4.69) is 10.3 Å². The Balaban J connectivity index is 1.91. The molecule has 0 spiro atoms. The molecule has 0 amide bonds. The summed E-state index contributed by atoms with van der Waals surface area (Å²) < 4.78 is 5.48. The van der Waals surface area contributed by atoms with Gasteiger partial charge < -0.3 is 14.8 Å². The predicted molar refractivity (Wildman–Crippen MR) is 62.2 cm³/mol. The monoisotopic (exact) mass is 232 g/mol. The number of fused-ring (bicyclic) bond motifs is 1. The van der Waals surface area contributed by atoms with E-state index in [0.717, 1.165) is 12.8 Å². The van der Waals surface area contributed by atoms with Crippen LogP contribution in [0.4, 0.5) is 6.01 Å². The molecule has 1 aliphatic rings. The highest BCUT2D eigenvalue weighted by Gasteiger charge is 2.19. The molecule has 2 aromatic rings. The van der Waals surface area contributed by atoms with Gasteiger partial charge in [0.2, 0.25) is 0 Å². The summed E-state index contributed by atoms with van der Waals surface area (Å²) in [6.07, 6.45) is 3.51. The zero-order valence-electron chi connectivity index (χ0n) is 9.14. The van der Waals surface area contributed by atoms with Crippen LogP contribution < -0.4 is 5.32 Å². The molecule has 5 heteroatoms. The fraction of sp³-hybridized carbons (Fsp3) is 0.333. The molecule has 2 N–H and O–H groups in total. The van der Waals surface area contributed by atoms with Crippen LogP contribution in [0.2, 0.25) is 0 Å².